The monoisotopic (exact) mass is 248 g/mol. The zero-order valence-electron chi connectivity index (χ0n) is 11.7. The fourth-order valence-corrected chi connectivity index (χ4v) is 2.36. The van der Waals surface area contributed by atoms with E-state index >= 15 is 0 Å². The molecule has 4 nitrogen and oxygen atoms in total. The van der Waals surface area contributed by atoms with Crippen molar-refractivity contribution in [3.05, 3.63) is 23.9 Å². The molecule has 0 unspecified atom stereocenters. The molecule has 0 amide bonds. The molecule has 0 saturated carbocycles. The minimum atomic E-state index is 0.103. The number of pyridine rings is 1. The third-order valence-corrected chi connectivity index (χ3v) is 3.86. The molecule has 1 saturated heterocycles. The summed E-state index contributed by atoms with van der Waals surface area (Å²) in [5.41, 5.74) is 7.21. The van der Waals surface area contributed by atoms with E-state index in [0.29, 0.717) is 6.54 Å². The van der Waals surface area contributed by atoms with Crippen LogP contribution in [0.5, 0.6) is 0 Å². The van der Waals surface area contributed by atoms with E-state index in [0.717, 1.165) is 32.0 Å². The Bertz CT molecular complexity index is 395. The summed E-state index contributed by atoms with van der Waals surface area (Å²) in [4.78, 5) is 9.28. The van der Waals surface area contributed by atoms with Gasteiger partial charge in [-0.2, -0.15) is 0 Å². The zero-order valence-corrected chi connectivity index (χ0v) is 11.7. The van der Waals surface area contributed by atoms with Crippen molar-refractivity contribution < 1.29 is 0 Å². The van der Waals surface area contributed by atoms with Gasteiger partial charge in [0.2, 0.25) is 0 Å². The van der Waals surface area contributed by atoms with Gasteiger partial charge in [0.25, 0.3) is 0 Å². The van der Waals surface area contributed by atoms with Crippen LogP contribution in [0, 0.1) is 6.92 Å². The summed E-state index contributed by atoms with van der Waals surface area (Å²) in [5.74, 6) is 1.10. The average Bonchev–Trinajstić information content (AvgIpc) is 2.39. The van der Waals surface area contributed by atoms with Crippen LogP contribution >= 0.6 is 0 Å². The topological polar surface area (TPSA) is 45.4 Å². The molecule has 2 rings (SSSR count). The van der Waals surface area contributed by atoms with E-state index in [1.165, 1.54) is 5.56 Å². The number of nitrogens with two attached hydrogens (primary N) is 1. The van der Waals surface area contributed by atoms with Crippen molar-refractivity contribution in [2.24, 2.45) is 5.73 Å². The predicted molar refractivity (Wildman–Crippen MR) is 75.9 cm³/mol. The number of anilines is 1. The van der Waals surface area contributed by atoms with Crippen LogP contribution in [-0.2, 0) is 0 Å². The summed E-state index contributed by atoms with van der Waals surface area (Å²) in [5, 5.41) is 0. The minimum absolute atomic E-state index is 0.103. The van der Waals surface area contributed by atoms with E-state index in [4.69, 9.17) is 5.73 Å². The molecule has 0 radical (unpaired) electrons. The second-order valence-corrected chi connectivity index (χ2v) is 5.68. The molecule has 1 aromatic rings. The van der Waals surface area contributed by atoms with Crippen LogP contribution in [0.1, 0.15) is 19.4 Å². The van der Waals surface area contributed by atoms with Crippen molar-refractivity contribution >= 4 is 5.82 Å². The second kappa shape index (κ2) is 5.24. The van der Waals surface area contributed by atoms with Gasteiger partial charge < -0.3 is 10.6 Å². The van der Waals surface area contributed by atoms with Gasteiger partial charge in [0.05, 0.1) is 0 Å². The zero-order chi connectivity index (χ0) is 13.2. The lowest BCUT2D eigenvalue weighted by Gasteiger charge is -2.43. The van der Waals surface area contributed by atoms with E-state index in [1.54, 1.807) is 0 Å². The first-order chi connectivity index (χ1) is 8.53. The lowest BCUT2D eigenvalue weighted by molar-refractivity contribution is 0.119. The fraction of sp³-hybridized carbons (Fsp3) is 0.643. The number of hydrogen-bond donors (Lipinski definition) is 1. The Morgan fingerprint density at radius 2 is 1.94 bits per heavy atom. The van der Waals surface area contributed by atoms with Crippen LogP contribution in [0.3, 0.4) is 0 Å². The summed E-state index contributed by atoms with van der Waals surface area (Å²) < 4.78 is 0. The largest absolute Gasteiger partial charge is 0.354 e. The third-order valence-electron chi connectivity index (χ3n) is 3.86. The van der Waals surface area contributed by atoms with E-state index in [1.807, 2.05) is 12.3 Å². The van der Waals surface area contributed by atoms with Crippen molar-refractivity contribution in [3.63, 3.8) is 0 Å². The molecule has 1 aliphatic heterocycles. The van der Waals surface area contributed by atoms with E-state index < -0.39 is 0 Å². The normalized spacial score (nSPS) is 18.1. The van der Waals surface area contributed by atoms with Gasteiger partial charge in [0.15, 0.2) is 0 Å². The minimum Gasteiger partial charge on any atom is -0.354 e. The number of aromatic nitrogens is 1. The highest BCUT2D eigenvalue weighted by atomic mass is 15.3. The Kier molecular flexibility index (Phi) is 3.88. The van der Waals surface area contributed by atoms with Gasteiger partial charge in [-0.3, -0.25) is 4.90 Å². The van der Waals surface area contributed by atoms with E-state index in [-0.39, 0.29) is 5.54 Å². The fourth-order valence-electron chi connectivity index (χ4n) is 2.36. The van der Waals surface area contributed by atoms with Crippen molar-refractivity contribution in [2.75, 3.05) is 37.6 Å². The average molecular weight is 248 g/mol. The molecule has 2 N–H and O–H groups in total. The molecule has 2 heterocycles. The summed E-state index contributed by atoms with van der Waals surface area (Å²) in [6.07, 6.45) is 1.89. The van der Waals surface area contributed by atoms with E-state index in [2.05, 4.69) is 41.6 Å². The second-order valence-electron chi connectivity index (χ2n) is 5.68. The molecule has 1 fully saturated rings. The van der Waals surface area contributed by atoms with Gasteiger partial charge in [-0.1, -0.05) is 0 Å². The lowest BCUT2D eigenvalue weighted by atomic mass is 10.0. The number of piperazine rings is 1. The first-order valence-corrected chi connectivity index (χ1v) is 6.66. The summed E-state index contributed by atoms with van der Waals surface area (Å²) >= 11 is 0. The maximum Gasteiger partial charge on any atom is 0.128 e. The molecule has 0 aromatic carbocycles. The molecular formula is C14H24N4. The quantitative estimate of drug-likeness (QED) is 0.874. The van der Waals surface area contributed by atoms with Crippen molar-refractivity contribution in [3.8, 4) is 0 Å². The van der Waals surface area contributed by atoms with Gasteiger partial charge in [-0.15, -0.1) is 0 Å². The van der Waals surface area contributed by atoms with Gasteiger partial charge in [-0.25, -0.2) is 4.98 Å². The Hall–Kier alpha value is -1.13. The maximum absolute atomic E-state index is 5.84. The SMILES string of the molecule is Cc1ccnc(N2CCN(C(C)(C)CN)CC2)c1. The number of aryl methyl sites for hydroxylation is 1. The van der Waals surface area contributed by atoms with Crippen LogP contribution in [-0.4, -0.2) is 48.1 Å². The standard InChI is InChI=1S/C14H24N4/c1-12-4-5-16-13(10-12)17-6-8-18(9-7-17)14(2,3)11-15/h4-5,10H,6-9,11,15H2,1-3H3. The molecule has 100 valence electrons. The molecule has 1 aromatic heterocycles. The van der Waals surface area contributed by atoms with Crippen molar-refractivity contribution in [1.29, 1.82) is 0 Å². The molecule has 4 heteroatoms. The lowest BCUT2D eigenvalue weighted by Crippen LogP contribution is -2.57. The first kappa shape index (κ1) is 13.3. The highest BCUT2D eigenvalue weighted by Crippen LogP contribution is 2.19. The molecule has 1 aliphatic rings. The molecule has 18 heavy (non-hydrogen) atoms. The predicted octanol–water partition coefficient (Wildman–Crippen LogP) is 1.25. The molecular weight excluding hydrogens is 224 g/mol. The molecule has 0 spiro atoms. The van der Waals surface area contributed by atoms with Crippen LogP contribution < -0.4 is 10.6 Å². The van der Waals surface area contributed by atoms with Crippen LogP contribution in [0.2, 0.25) is 0 Å². The van der Waals surface area contributed by atoms with Gasteiger partial charge >= 0.3 is 0 Å². The summed E-state index contributed by atoms with van der Waals surface area (Å²) in [7, 11) is 0. The maximum atomic E-state index is 5.84. The highest BCUT2D eigenvalue weighted by molar-refractivity contribution is 5.41. The Balaban J connectivity index is 1.99. The number of hydrogen-bond acceptors (Lipinski definition) is 4. The van der Waals surface area contributed by atoms with Crippen molar-refractivity contribution in [1.82, 2.24) is 9.88 Å². The Labute approximate surface area is 110 Å². The van der Waals surface area contributed by atoms with Gasteiger partial charge in [0.1, 0.15) is 5.82 Å². The number of rotatable bonds is 3. The molecule has 0 aliphatic carbocycles. The smallest absolute Gasteiger partial charge is 0.128 e. The van der Waals surface area contributed by atoms with Gasteiger partial charge in [-0.05, 0) is 38.5 Å². The summed E-state index contributed by atoms with van der Waals surface area (Å²) in [6, 6.07) is 4.20. The molecule has 0 atom stereocenters. The van der Waals surface area contributed by atoms with Gasteiger partial charge in [0, 0.05) is 44.5 Å². The number of nitrogens with zero attached hydrogens (tertiary/aromatic N) is 3. The third kappa shape index (κ3) is 2.82. The van der Waals surface area contributed by atoms with Crippen LogP contribution in [0.4, 0.5) is 5.82 Å². The van der Waals surface area contributed by atoms with Crippen molar-refractivity contribution in [2.45, 2.75) is 26.3 Å². The highest BCUT2D eigenvalue weighted by Gasteiger charge is 2.28. The van der Waals surface area contributed by atoms with Crippen LogP contribution in [0.25, 0.3) is 0 Å². The Morgan fingerprint density at radius 1 is 1.28 bits per heavy atom. The van der Waals surface area contributed by atoms with Crippen LogP contribution in [0.15, 0.2) is 18.3 Å². The Morgan fingerprint density at radius 3 is 2.50 bits per heavy atom. The van der Waals surface area contributed by atoms with E-state index in [9.17, 15) is 0 Å². The summed E-state index contributed by atoms with van der Waals surface area (Å²) in [6.45, 7) is 11.4. The first-order valence-electron chi connectivity index (χ1n) is 6.66. The molecule has 0 bridgehead atoms.